The molecule has 0 saturated heterocycles. The third-order valence-electron chi connectivity index (χ3n) is 3.82. The fourth-order valence-corrected chi connectivity index (χ4v) is 3.30. The lowest BCUT2D eigenvalue weighted by Crippen LogP contribution is -2.32. The highest BCUT2D eigenvalue weighted by molar-refractivity contribution is 7.12. The zero-order valence-corrected chi connectivity index (χ0v) is 14.6. The first-order valence-corrected chi connectivity index (χ1v) is 8.80. The molecule has 1 aromatic heterocycles. The molecule has 128 valence electrons. The van der Waals surface area contributed by atoms with Gasteiger partial charge in [0, 0.05) is 0 Å². The van der Waals surface area contributed by atoms with E-state index < -0.39 is 5.82 Å². The summed E-state index contributed by atoms with van der Waals surface area (Å²) in [5.41, 5.74) is 1.84. The van der Waals surface area contributed by atoms with Crippen molar-refractivity contribution in [2.75, 3.05) is 6.61 Å². The molecule has 3 aromatic rings. The van der Waals surface area contributed by atoms with Crippen LogP contribution < -0.4 is 10.1 Å². The Bertz CT molecular complexity index is 848. The van der Waals surface area contributed by atoms with Crippen LogP contribution in [0, 0.1) is 12.7 Å². The van der Waals surface area contributed by atoms with Gasteiger partial charge in [-0.2, -0.15) is 0 Å². The molecule has 0 aliphatic carbocycles. The summed E-state index contributed by atoms with van der Waals surface area (Å²) in [6, 6.07) is 17.3. The number of thiophene rings is 1. The quantitative estimate of drug-likeness (QED) is 0.693. The van der Waals surface area contributed by atoms with E-state index in [1.807, 2.05) is 48.7 Å². The Kier molecular flexibility index (Phi) is 5.46. The van der Waals surface area contributed by atoms with Crippen molar-refractivity contribution in [3.8, 4) is 5.75 Å². The van der Waals surface area contributed by atoms with Gasteiger partial charge in [-0.25, -0.2) is 4.39 Å². The number of nitrogens with one attached hydrogen (secondary N) is 1. The van der Waals surface area contributed by atoms with Crippen LogP contribution in [0.1, 0.15) is 26.8 Å². The Morgan fingerprint density at radius 2 is 1.84 bits per heavy atom. The molecule has 1 atom stereocenters. The Balaban J connectivity index is 1.77. The van der Waals surface area contributed by atoms with E-state index in [0.29, 0.717) is 4.88 Å². The third-order valence-corrected chi connectivity index (χ3v) is 4.83. The highest BCUT2D eigenvalue weighted by atomic mass is 32.1. The summed E-state index contributed by atoms with van der Waals surface area (Å²) in [7, 11) is 0. The number of amides is 1. The number of para-hydroxylation sites is 1. The first-order valence-electron chi connectivity index (χ1n) is 7.92. The number of ether oxygens (including phenoxy) is 1. The van der Waals surface area contributed by atoms with Gasteiger partial charge in [0.25, 0.3) is 5.91 Å². The molecule has 25 heavy (non-hydrogen) atoms. The molecule has 3 nitrogen and oxygen atoms in total. The van der Waals surface area contributed by atoms with Gasteiger partial charge in [0.1, 0.15) is 6.61 Å². The lowest BCUT2D eigenvalue weighted by atomic mass is 10.1. The second kappa shape index (κ2) is 7.94. The van der Waals surface area contributed by atoms with Gasteiger partial charge in [0.15, 0.2) is 11.6 Å². The summed E-state index contributed by atoms with van der Waals surface area (Å²) in [6.07, 6.45) is 0. The minimum atomic E-state index is -0.422. The molecule has 5 heteroatoms. The molecule has 0 aliphatic heterocycles. The predicted octanol–water partition coefficient (Wildman–Crippen LogP) is 4.75. The lowest BCUT2D eigenvalue weighted by Gasteiger charge is -2.20. The molecule has 3 rings (SSSR count). The van der Waals surface area contributed by atoms with Gasteiger partial charge in [0.05, 0.1) is 10.9 Å². The maximum Gasteiger partial charge on any atom is 0.262 e. The van der Waals surface area contributed by atoms with Gasteiger partial charge in [-0.05, 0) is 41.6 Å². The van der Waals surface area contributed by atoms with Crippen molar-refractivity contribution in [2.45, 2.75) is 13.0 Å². The van der Waals surface area contributed by atoms with E-state index in [0.717, 1.165) is 11.1 Å². The summed E-state index contributed by atoms with van der Waals surface area (Å²) in [4.78, 5) is 13.2. The Labute approximate surface area is 150 Å². The molecule has 0 bridgehead atoms. The maximum absolute atomic E-state index is 13.8. The number of hydrogen-bond donors (Lipinski definition) is 1. The molecule has 0 spiro atoms. The van der Waals surface area contributed by atoms with Crippen LogP contribution in [0.25, 0.3) is 0 Å². The molecular formula is C20H18FNO2S. The van der Waals surface area contributed by atoms with Crippen molar-refractivity contribution in [3.05, 3.63) is 87.9 Å². The first-order chi connectivity index (χ1) is 12.1. The molecule has 1 N–H and O–H groups in total. The predicted molar refractivity (Wildman–Crippen MR) is 97.6 cm³/mol. The van der Waals surface area contributed by atoms with E-state index in [4.69, 9.17) is 4.74 Å². The summed E-state index contributed by atoms with van der Waals surface area (Å²) in [5.74, 6) is -0.404. The van der Waals surface area contributed by atoms with Crippen molar-refractivity contribution in [1.29, 1.82) is 0 Å². The van der Waals surface area contributed by atoms with Crippen LogP contribution in [-0.4, -0.2) is 12.5 Å². The first kappa shape index (κ1) is 17.2. The summed E-state index contributed by atoms with van der Waals surface area (Å²) < 4.78 is 19.4. The van der Waals surface area contributed by atoms with Crippen LogP contribution in [0.3, 0.4) is 0 Å². The SMILES string of the molecule is Cc1ccsc1C(=O)NC(COc1ccccc1F)c1ccccc1. The van der Waals surface area contributed by atoms with Crippen molar-refractivity contribution >= 4 is 17.2 Å². The van der Waals surface area contributed by atoms with E-state index in [2.05, 4.69) is 5.32 Å². The normalized spacial score (nSPS) is 11.8. The van der Waals surface area contributed by atoms with E-state index in [-0.39, 0.29) is 24.3 Å². The van der Waals surface area contributed by atoms with Gasteiger partial charge in [-0.1, -0.05) is 42.5 Å². The van der Waals surface area contributed by atoms with E-state index in [1.54, 1.807) is 18.2 Å². The molecule has 1 heterocycles. The molecule has 0 aliphatic rings. The van der Waals surface area contributed by atoms with Crippen LogP contribution in [0.4, 0.5) is 4.39 Å². The summed E-state index contributed by atoms with van der Waals surface area (Å²) >= 11 is 1.40. The van der Waals surface area contributed by atoms with Crippen LogP contribution >= 0.6 is 11.3 Å². The van der Waals surface area contributed by atoms with E-state index >= 15 is 0 Å². The second-order valence-electron chi connectivity index (χ2n) is 5.61. The number of hydrogen-bond acceptors (Lipinski definition) is 3. The Hall–Kier alpha value is -2.66. The second-order valence-corrected chi connectivity index (χ2v) is 6.53. The average Bonchev–Trinajstić information content (AvgIpc) is 3.06. The molecule has 0 saturated carbocycles. The van der Waals surface area contributed by atoms with Gasteiger partial charge in [-0.15, -0.1) is 11.3 Å². The zero-order valence-electron chi connectivity index (χ0n) is 13.7. The number of halogens is 1. The van der Waals surface area contributed by atoms with Crippen LogP contribution in [0.15, 0.2) is 66.0 Å². The fraction of sp³-hybridized carbons (Fsp3) is 0.150. The number of carbonyl (C=O) groups excluding carboxylic acids is 1. The van der Waals surface area contributed by atoms with Crippen molar-refractivity contribution < 1.29 is 13.9 Å². The lowest BCUT2D eigenvalue weighted by molar-refractivity contribution is 0.0924. The van der Waals surface area contributed by atoms with Gasteiger partial charge in [-0.3, -0.25) is 4.79 Å². The van der Waals surface area contributed by atoms with Gasteiger partial charge < -0.3 is 10.1 Å². The summed E-state index contributed by atoms with van der Waals surface area (Å²) in [5, 5.41) is 4.88. The van der Waals surface area contributed by atoms with Gasteiger partial charge in [0.2, 0.25) is 0 Å². The Morgan fingerprint density at radius 1 is 1.12 bits per heavy atom. The zero-order chi connectivity index (χ0) is 17.6. The molecule has 1 amide bonds. The fourth-order valence-electron chi connectivity index (χ4n) is 2.47. The van der Waals surface area contributed by atoms with Gasteiger partial charge >= 0.3 is 0 Å². The minimum absolute atomic E-state index is 0.140. The summed E-state index contributed by atoms with van der Waals surface area (Å²) in [6.45, 7) is 2.04. The standard InChI is InChI=1S/C20H18FNO2S/c1-14-11-12-25-19(14)20(23)22-17(15-7-3-2-4-8-15)13-24-18-10-6-5-9-16(18)21/h2-12,17H,13H2,1H3,(H,22,23). The average molecular weight is 355 g/mol. The largest absolute Gasteiger partial charge is 0.488 e. The number of rotatable bonds is 6. The maximum atomic E-state index is 13.8. The monoisotopic (exact) mass is 355 g/mol. The smallest absolute Gasteiger partial charge is 0.262 e. The highest BCUT2D eigenvalue weighted by Crippen LogP contribution is 2.21. The van der Waals surface area contributed by atoms with Crippen LogP contribution in [0.2, 0.25) is 0 Å². The van der Waals surface area contributed by atoms with Crippen molar-refractivity contribution in [1.82, 2.24) is 5.32 Å². The minimum Gasteiger partial charge on any atom is -0.488 e. The number of aryl methyl sites for hydroxylation is 1. The number of benzene rings is 2. The highest BCUT2D eigenvalue weighted by Gasteiger charge is 2.19. The molecule has 0 radical (unpaired) electrons. The topological polar surface area (TPSA) is 38.3 Å². The molecule has 1 unspecified atom stereocenters. The molecule has 0 fully saturated rings. The van der Waals surface area contributed by atoms with Crippen molar-refractivity contribution in [3.63, 3.8) is 0 Å². The molecule has 2 aromatic carbocycles. The van der Waals surface area contributed by atoms with E-state index in [1.165, 1.54) is 17.4 Å². The van der Waals surface area contributed by atoms with E-state index in [9.17, 15) is 9.18 Å². The Morgan fingerprint density at radius 3 is 2.52 bits per heavy atom. The van der Waals surface area contributed by atoms with Crippen LogP contribution in [0.5, 0.6) is 5.75 Å². The van der Waals surface area contributed by atoms with Crippen molar-refractivity contribution in [2.24, 2.45) is 0 Å². The number of carbonyl (C=O) groups is 1. The molecular weight excluding hydrogens is 337 g/mol. The van der Waals surface area contributed by atoms with Crippen LogP contribution in [-0.2, 0) is 0 Å². The third kappa shape index (κ3) is 4.25.